The van der Waals surface area contributed by atoms with E-state index in [4.69, 9.17) is 0 Å². The maximum Gasteiger partial charge on any atom is 0.240 e. The average molecular weight is 414 g/mol. The monoisotopic (exact) mass is 413 g/mol. The van der Waals surface area contributed by atoms with E-state index in [1.807, 2.05) is 26.0 Å². The minimum absolute atomic E-state index is 0.0635. The van der Waals surface area contributed by atoms with Crippen LogP contribution in [0.4, 0.5) is 5.69 Å². The van der Waals surface area contributed by atoms with Crippen molar-refractivity contribution in [1.82, 2.24) is 9.62 Å². The van der Waals surface area contributed by atoms with Crippen LogP contribution in [0.15, 0.2) is 41.3 Å². The Morgan fingerprint density at radius 1 is 1.03 bits per heavy atom. The zero-order valence-electron chi connectivity index (χ0n) is 17.6. The Balaban J connectivity index is 1.59. The lowest BCUT2D eigenvalue weighted by Crippen LogP contribution is -2.37. The van der Waals surface area contributed by atoms with Gasteiger partial charge in [-0.1, -0.05) is 24.3 Å². The highest BCUT2D eigenvalue weighted by Gasteiger charge is 2.27. The van der Waals surface area contributed by atoms with E-state index in [1.165, 1.54) is 29.7 Å². The van der Waals surface area contributed by atoms with Crippen molar-refractivity contribution in [2.45, 2.75) is 44.0 Å². The Hall–Kier alpha value is -1.89. The summed E-state index contributed by atoms with van der Waals surface area (Å²) in [6, 6.07) is 12.3. The van der Waals surface area contributed by atoms with E-state index in [1.54, 1.807) is 6.07 Å². The second-order valence-corrected chi connectivity index (χ2v) is 10.2. The van der Waals surface area contributed by atoms with Gasteiger partial charge < -0.3 is 4.90 Å². The van der Waals surface area contributed by atoms with Crippen LogP contribution < -0.4 is 9.62 Å². The predicted molar refractivity (Wildman–Crippen MR) is 118 cm³/mol. The van der Waals surface area contributed by atoms with Gasteiger partial charge in [0, 0.05) is 31.9 Å². The molecule has 1 unspecified atom stereocenters. The Bertz CT molecular complexity index is 997. The number of fused-ring (bicyclic) bond motifs is 1. The molecule has 6 heteroatoms. The summed E-state index contributed by atoms with van der Waals surface area (Å²) >= 11 is 0. The average Bonchev–Trinajstić information content (AvgIpc) is 3.34. The fraction of sp³-hybridized carbons (Fsp3) is 0.478. The van der Waals surface area contributed by atoms with Crippen molar-refractivity contribution in [2.75, 3.05) is 38.1 Å². The molecule has 0 radical (unpaired) electrons. The zero-order chi connectivity index (χ0) is 20.6. The van der Waals surface area contributed by atoms with Gasteiger partial charge in [0.15, 0.2) is 0 Å². The summed E-state index contributed by atoms with van der Waals surface area (Å²) in [5.74, 6) is 0. The Kier molecular flexibility index (Phi) is 5.69. The number of hydrogen-bond acceptors (Lipinski definition) is 4. The molecule has 1 saturated heterocycles. The minimum Gasteiger partial charge on any atom is -0.374 e. The number of hydrogen-bond donors (Lipinski definition) is 1. The quantitative estimate of drug-likeness (QED) is 0.789. The molecule has 1 atom stereocenters. The molecule has 0 amide bonds. The van der Waals surface area contributed by atoms with Crippen LogP contribution in [0.25, 0.3) is 0 Å². The van der Waals surface area contributed by atoms with Crippen molar-refractivity contribution < 1.29 is 8.42 Å². The van der Waals surface area contributed by atoms with Gasteiger partial charge in [0.25, 0.3) is 0 Å². The highest BCUT2D eigenvalue weighted by molar-refractivity contribution is 7.89. The third-order valence-corrected chi connectivity index (χ3v) is 7.86. The first kappa shape index (κ1) is 20.4. The molecule has 29 heavy (non-hydrogen) atoms. The number of likely N-dealkylation sites (tertiary alicyclic amines) is 1. The summed E-state index contributed by atoms with van der Waals surface area (Å²) in [5.41, 5.74) is 5.61. The van der Waals surface area contributed by atoms with Crippen LogP contribution in [-0.2, 0) is 16.4 Å². The number of rotatable bonds is 6. The van der Waals surface area contributed by atoms with Crippen LogP contribution in [0, 0.1) is 13.8 Å². The number of benzene rings is 2. The first-order valence-corrected chi connectivity index (χ1v) is 12.0. The normalized spacial score (nSPS) is 18.2. The van der Waals surface area contributed by atoms with E-state index in [9.17, 15) is 8.42 Å². The molecule has 0 aliphatic carbocycles. The van der Waals surface area contributed by atoms with Crippen LogP contribution >= 0.6 is 0 Å². The number of anilines is 1. The molecule has 4 rings (SSSR count). The van der Waals surface area contributed by atoms with Crippen LogP contribution in [0.2, 0.25) is 0 Å². The van der Waals surface area contributed by atoms with Gasteiger partial charge in [-0.25, -0.2) is 13.1 Å². The third kappa shape index (κ3) is 4.20. The number of sulfonamides is 1. The summed E-state index contributed by atoms with van der Waals surface area (Å²) in [5, 5.41) is 0. The number of likely N-dealkylation sites (N-methyl/N-ethyl adjacent to an activating group) is 1. The van der Waals surface area contributed by atoms with Gasteiger partial charge in [0.2, 0.25) is 10.0 Å². The molecule has 2 aliphatic rings. The Morgan fingerprint density at radius 3 is 2.55 bits per heavy atom. The van der Waals surface area contributed by atoms with Gasteiger partial charge in [0.05, 0.1) is 4.90 Å². The summed E-state index contributed by atoms with van der Waals surface area (Å²) in [6.45, 7) is 7.26. The maximum atomic E-state index is 13.0. The summed E-state index contributed by atoms with van der Waals surface area (Å²) in [4.78, 5) is 5.09. The van der Waals surface area contributed by atoms with Gasteiger partial charge in [-0.05, 0) is 80.6 Å². The Labute approximate surface area is 174 Å². The first-order chi connectivity index (χ1) is 13.8. The lowest BCUT2D eigenvalue weighted by molar-refractivity contribution is 0.246. The fourth-order valence-corrected chi connectivity index (χ4v) is 5.93. The smallest absolute Gasteiger partial charge is 0.240 e. The first-order valence-electron chi connectivity index (χ1n) is 10.5. The molecule has 5 nitrogen and oxygen atoms in total. The van der Waals surface area contributed by atoms with E-state index < -0.39 is 10.0 Å². The minimum atomic E-state index is -3.55. The molecule has 1 N–H and O–H groups in total. The second-order valence-electron chi connectivity index (χ2n) is 8.44. The predicted octanol–water partition coefficient (Wildman–Crippen LogP) is 3.41. The van der Waals surface area contributed by atoms with Crippen LogP contribution in [0.3, 0.4) is 0 Å². The second kappa shape index (κ2) is 8.09. The Morgan fingerprint density at radius 2 is 1.79 bits per heavy atom. The van der Waals surface area contributed by atoms with E-state index in [-0.39, 0.29) is 6.04 Å². The van der Waals surface area contributed by atoms with E-state index >= 15 is 0 Å². The zero-order valence-corrected chi connectivity index (χ0v) is 18.4. The largest absolute Gasteiger partial charge is 0.374 e. The van der Waals surface area contributed by atoms with Crippen molar-refractivity contribution >= 4 is 15.7 Å². The molecule has 156 valence electrons. The maximum absolute atomic E-state index is 13.0. The van der Waals surface area contributed by atoms with E-state index in [2.05, 4.69) is 39.8 Å². The third-order valence-electron chi connectivity index (χ3n) is 6.30. The van der Waals surface area contributed by atoms with Gasteiger partial charge >= 0.3 is 0 Å². The van der Waals surface area contributed by atoms with Crippen molar-refractivity contribution in [3.63, 3.8) is 0 Å². The van der Waals surface area contributed by atoms with E-state index in [0.717, 1.165) is 37.2 Å². The highest BCUT2D eigenvalue weighted by Crippen LogP contribution is 2.32. The van der Waals surface area contributed by atoms with Crippen LogP contribution in [-0.4, -0.2) is 46.5 Å². The fourth-order valence-electron chi connectivity index (χ4n) is 4.57. The number of nitrogens with zero attached hydrogens (tertiary/aromatic N) is 2. The summed E-state index contributed by atoms with van der Waals surface area (Å²) in [7, 11) is -1.42. The number of nitrogens with one attached hydrogen (secondary N) is 1. The molecular weight excluding hydrogens is 382 g/mol. The van der Waals surface area contributed by atoms with Crippen LogP contribution in [0.5, 0.6) is 0 Å². The SMILES string of the molecule is Cc1ccc(C)c(S(=O)(=O)NCC(c2ccc3c(c2)CCN3C)N2CCCC2)c1. The molecule has 0 saturated carbocycles. The van der Waals surface area contributed by atoms with Crippen molar-refractivity contribution in [3.8, 4) is 0 Å². The molecule has 2 aliphatic heterocycles. The molecule has 0 spiro atoms. The van der Waals surface area contributed by atoms with Crippen molar-refractivity contribution in [1.29, 1.82) is 0 Å². The standard InChI is InChI=1S/C23H31N3O2S/c1-17-6-7-18(2)23(14-17)29(27,28)24-16-22(26-11-4-5-12-26)19-8-9-21-20(15-19)10-13-25(21)3/h6-9,14-15,22,24H,4-5,10-13,16H2,1-3H3. The molecule has 2 heterocycles. The topological polar surface area (TPSA) is 52.7 Å². The van der Waals surface area contributed by atoms with Crippen molar-refractivity contribution in [2.24, 2.45) is 0 Å². The number of aryl methyl sites for hydroxylation is 2. The molecule has 1 fully saturated rings. The molecule has 0 bridgehead atoms. The van der Waals surface area contributed by atoms with Gasteiger partial charge in [-0.3, -0.25) is 4.90 Å². The van der Waals surface area contributed by atoms with Gasteiger partial charge in [-0.15, -0.1) is 0 Å². The van der Waals surface area contributed by atoms with Gasteiger partial charge in [-0.2, -0.15) is 0 Å². The molecule has 2 aromatic rings. The molecular formula is C23H31N3O2S. The van der Waals surface area contributed by atoms with E-state index in [0.29, 0.717) is 11.4 Å². The van der Waals surface area contributed by atoms with Gasteiger partial charge in [0.1, 0.15) is 0 Å². The lowest BCUT2D eigenvalue weighted by atomic mass is 10.0. The van der Waals surface area contributed by atoms with Crippen molar-refractivity contribution in [3.05, 3.63) is 58.7 Å². The molecule has 0 aromatic heterocycles. The lowest BCUT2D eigenvalue weighted by Gasteiger charge is -2.29. The highest BCUT2D eigenvalue weighted by atomic mass is 32.2. The molecule has 2 aromatic carbocycles. The summed E-state index contributed by atoms with van der Waals surface area (Å²) < 4.78 is 29.0. The summed E-state index contributed by atoms with van der Waals surface area (Å²) in [6.07, 6.45) is 3.41. The van der Waals surface area contributed by atoms with Crippen LogP contribution in [0.1, 0.15) is 41.1 Å².